The lowest BCUT2D eigenvalue weighted by Crippen LogP contribution is -2.06. The molecule has 0 aliphatic heterocycles. The van der Waals surface area contributed by atoms with Crippen molar-refractivity contribution in [3.8, 4) is 0 Å². The summed E-state index contributed by atoms with van der Waals surface area (Å²) in [7, 11) is -3.29. The fourth-order valence-electron chi connectivity index (χ4n) is 1.31. The minimum absolute atomic E-state index is 0.131. The smallest absolute Gasteiger partial charge is 0.175 e. The van der Waals surface area contributed by atoms with Crippen LogP contribution in [-0.4, -0.2) is 33.2 Å². The van der Waals surface area contributed by atoms with Crippen molar-refractivity contribution in [3.05, 3.63) is 24.0 Å². The van der Waals surface area contributed by atoms with Crippen LogP contribution in [0.5, 0.6) is 0 Å². The fraction of sp³-hybridized carbons (Fsp3) is 0.455. The van der Waals surface area contributed by atoms with Crippen LogP contribution in [0.1, 0.15) is 6.42 Å². The van der Waals surface area contributed by atoms with Gasteiger partial charge in [0.15, 0.2) is 9.84 Å². The van der Waals surface area contributed by atoms with Crippen molar-refractivity contribution < 1.29 is 12.8 Å². The molecule has 1 rings (SSSR count). The Kier molecular flexibility index (Phi) is 5.27. The van der Waals surface area contributed by atoms with Crippen molar-refractivity contribution in [2.45, 2.75) is 11.3 Å². The zero-order valence-corrected chi connectivity index (χ0v) is 11.5. The summed E-state index contributed by atoms with van der Waals surface area (Å²) in [4.78, 5) is 0.131. The lowest BCUT2D eigenvalue weighted by atomic mass is 10.3. The molecule has 0 aliphatic rings. The quantitative estimate of drug-likeness (QED) is 0.640. The van der Waals surface area contributed by atoms with Crippen molar-refractivity contribution in [2.75, 3.05) is 30.1 Å². The van der Waals surface area contributed by atoms with Gasteiger partial charge in [0.1, 0.15) is 5.82 Å². The molecule has 0 heterocycles. The van der Waals surface area contributed by atoms with Crippen molar-refractivity contribution in [3.63, 3.8) is 0 Å². The van der Waals surface area contributed by atoms with Gasteiger partial charge < -0.3 is 5.32 Å². The summed E-state index contributed by atoms with van der Waals surface area (Å²) in [6.45, 7) is 0.630. The molecule has 0 radical (unpaired) electrons. The van der Waals surface area contributed by atoms with Crippen LogP contribution in [0.2, 0.25) is 0 Å². The first kappa shape index (κ1) is 14.3. The molecule has 0 spiro atoms. The minimum atomic E-state index is -3.29. The molecule has 0 saturated heterocycles. The molecule has 17 heavy (non-hydrogen) atoms. The highest BCUT2D eigenvalue weighted by Crippen LogP contribution is 2.19. The van der Waals surface area contributed by atoms with Gasteiger partial charge in [-0.15, -0.1) is 0 Å². The topological polar surface area (TPSA) is 46.2 Å². The summed E-state index contributed by atoms with van der Waals surface area (Å²) < 4.78 is 36.0. The van der Waals surface area contributed by atoms with E-state index < -0.39 is 15.7 Å². The lowest BCUT2D eigenvalue weighted by molar-refractivity contribution is 0.600. The molecule has 6 heteroatoms. The van der Waals surface area contributed by atoms with Crippen LogP contribution < -0.4 is 5.32 Å². The zero-order valence-electron chi connectivity index (χ0n) is 9.86. The predicted octanol–water partition coefficient (Wildman–Crippen LogP) is 2.39. The third kappa shape index (κ3) is 4.55. The summed E-state index contributed by atoms with van der Waals surface area (Å²) in [5.41, 5.74) is 0.244. The number of sulfone groups is 1. The maximum Gasteiger partial charge on any atom is 0.175 e. The SMILES string of the molecule is CSCCCNc1cc(S(C)(=O)=O)ccc1F. The normalized spacial score (nSPS) is 11.5. The number of hydrogen-bond acceptors (Lipinski definition) is 4. The maximum atomic E-state index is 13.4. The van der Waals surface area contributed by atoms with Crippen LogP contribution in [0.3, 0.4) is 0 Å². The van der Waals surface area contributed by atoms with E-state index in [0.29, 0.717) is 6.54 Å². The molecule has 0 fully saturated rings. The molecule has 0 atom stereocenters. The van der Waals surface area contributed by atoms with Crippen LogP contribution in [0.25, 0.3) is 0 Å². The van der Waals surface area contributed by atoms with E-state index in [-0.39, 0.29) is 10.6 Å². The van der Waals surface area contributed by atoms with E-state index in [1.165, 1.54) is 18.2 Å². The van der Waals surface area contributed by atoms with Crippen molar-refractivity contribution in [2.24, 2.45) is 0 Å². The average molecular weight is 277 g/mol. The standard InChI is InChI=1S/C11H16FNO2S2/c1-16-7-3-6-13-11-8-9(17(2,14)15)4-5-10(11)12/h4-5,8,13H,3,6-7H2,1-2H3. The van der Waals surface area contributed by atoms with E-state index in [4.69, 9.17) is 0 Å². The molecule has 0 aromatic heterocycles. The zero-order chi connectivity index (χ0) is 12.9. The molecule has 0 bridgehead atoms. The Morgan fingerprint density at radius 1 is 1.41 bits per heavy atom. The number of nitrogens with one attached hydrogen (secondary N) is 1. The molecule has 3 nitrogen and oxygen atoms in total. The first-order valence-electron chi connectivity index (χ1n) is 5.17. The first-order chi connectivity index (χ1) is 7.95. The van der Waals surface area contributed by atoms with Crippen LogP contribution in [0, 0.1) is 5.82 Å². The van der Waals surface area contributed by atoms with Gasteiger partial charge in [0.25, 0.3) is 0 Å². The Morgan fingerprint density at radius 3 is 2.71 bits per heavy atom. The monoisotopic (exact) mass is 277 g/mol. The predicted molar refractivity (Wildman–Crippen MR) is 71.0 cm³/mol. The number of rotatable bonds is 6. The van der Waals surface area contributed by atoms with E-state index in [1.807, 2.05) is 6.26 Å². The number of benzene rings is 1. The van der Waals surface area contributed by atoms with Crippen molar-refractivity contribution in [1.82, 2.24) is 0 Å². The van der Waals surface area contributed by atoms with Gasteiger partial charge in [-0.3, -0.25) is 0 Å². The molecule has 0 amide bonds. The van der Waals surface area contributed by atoms with E-state index in [1.54, 1.807) is 11.8 Å². The highest BCUT2D eigenvalue weighted by molar-refractivity contribution is 7.98. The summed E-state index contributed by atoms with van der Waals surface area (Å²) in [5, 5.41) is 2.91. The van der Waals surface area contributed by atoms with Gasteiger partial charge in [-0.05, 0) is 36.6 Å². The minimum Gasteiger partial charge on any atom is -0.383 e. The number of hydrogen-bond donors (Lipinski definition) is 1. The van der Waals surface area contributed by atoms with Crippen molar-refractivity contribution >= 4 is 27.3 Å². The molecular weight excluding hydrogens is 261 g/mol. The van der Waals surface area contributed by atoms with E-state index in [2.05, 4.69) is 5.32 Å². The molecule has 0 unspecified atom stereocenters. The molecule has 96 valence electrons. The first-order valence-corrected chi connectivity index (χ1v) is 8.46. The van der Waals surface area contributed by atoms with Gasteiger partial charge in [-0.1, -0.05) is 0 Å². The van der Waals surface area contributed by atoms with Gasteiger partial charge in [-0.25, -0.2) is 12.8 Å². The Balaban J connectivity index is 2.77. The Hall–Kier alpha value is -0.750. The number of anilines is 1. The Morgan fingerprint density at radius 2 is 2.12 bits per heavy atom. The average Bonchev–Trinajstić information content (AvgIpc) is 2.25. The summed E-state index contributed by atoms with van der Waals surface area (Å²) in [6.07, 6.45) is 4.02. The summed E-state index contributed by atoms with van der Waals surface area (Å²) in [6, 6.07) is 3.79. The highest BCUT2D eigenvalue weighted by Gasteiger charge is 2.10. The third-order valence-electron chi connectivity index (χ3n) is 2.21. The van der Waals surface area contributed by atoms with Gasteiger partial charge >= 0.3 is 0 Å². The Bertz CT molecular complexity index is 474. The Labute approximate surface area is 106 Å². The summed E-state index contributed by atoms with van der Waals surface area (Å²) in [5.74, 6) is 0.557. The number of halogens is 1. The molecule has 1 N–H and O–H groups in total. The maximum absolute atomic E-state index is 13.4. The highest BCUT2D eigenvalue weighted by atomic mass is 32.2. The molecule has 1 aromatic carbocycles. The largest absolute Gasteiger partial charge is 0.383 e. The molecule has 0 saturated carbocycles. The van der Waals surface area contributed by atoms with E-state index in [9.17, 15) is 12.8 Å². The van der Waals surface area contributed by atoms with Crippen LogP contribution in [-0.2, 0) is 9.84 Å². The second-order valence-electron chi connectivity index (χ2n) is 3.69. The van der Waals surface area contributed by atoms with Gasteiger partial charge in [-0.2, -0.15) is 11.8 Å². The van der Waals surface area contributed by atoms with Crippen LogP contribution >= 0.6 is 11.8 Å². The van der Waals surface area contributed by atoms with E-state index >= 15 is 0 Å². The van der Waals surface area contributed by atoms with Gasteiger partial charge in [0, 0.05) is 12.8 Å². The van der Waals surface area contributed by atoms with E-state index in [0.717, 1.165) is 18.4 Å². The number of thioether (sulfide) groups is 1. The second kappa shape index (κ2) is 6.26. The third-order valence-corrected chi connectivity index (χ3v) is 4.01. The summed E-state index contributed by atoms with van der Waals surface area (Å²) >= 11 is 1.72. The fourth-order valence-corrected chi connectivity index (χ4v) is 2.39. The van der Waals surface area contributed by atoms with Crippen molar-refractivity contribution in [1.29, 1.82) is 0 Å². The van der Waals surface area contributed by atoms with Crippen LogP contribution in [0.4, 0.5) is 10.1 Å². The second-order valence-corrected chi connectivity index (χ2v) is 6.69. The van der Waals surface area contributed by atoms with Crippen LogP contribution in [0.15, 0.2) is 23.1 Å². The molecular formula is C11H16FNO2S2. The van der Waals surface area contributed by atoms with Gasteiger partial charge in [0.05, 0.1) is 10.6 Å². The lowest BCUT2D eigenvalue weighted by Gasteiger charge is -2.08. The van der Waals surface area contributed by atoms with Gasteiger partial charge in [0.2, 0.25) is 0 Å². The molecule has 1 aromatic rings. The molecule has 0 aliphatic carbocycles.